The van der Waals surface area contributed by atoms with Crippen LogP contribution in [-0.2, 0) is 0 Å². The number of ether oxygens (including phenoxy) is 1. The first-order valence-electron chi connectivity index (χ1n) is 6.47. The fraction of sp³-hybridized carbons (Fsp3) is 0.312. The molecule has 0 aromatic heterocycles. The molecule has 2 aromatic carbocycles. The van der Waals surface area contributed by atoms with Gasteiger partial charge in [-0.05, 0) is 30.9 Å². The van der Waals surface area contributed by atoms with Gasteiger partial charge in [-0.1, -0.05) is 31.2 Å². The highest BCUT2D eigenvalue weighted by molar-refractivity contribution is 6.08. The molecule has 0 saturated heterocycles. The zero-order valence-corrected chi connectivity index (χ0v) is 11.2. The second kappa shape index (κ2) is 5.85. The van der Waals surface area contributed by atoms with Crippen LogP contribution in [0.2, 0.25) is 0 Å². The number of fused-ring (bicyclic) bond motifs is 1. The van der Waals surface area contributed by atoms with Crippen molar-refractivity contribution in [1.29, 1.82) is 0 Å². The summed E-state index contributed by atoms with van der Waals surface area (Å²) in [5.74, 6) is 0.740. The Hall–Kier alpha value is -1.87. The molecule has 0 aliphatic carbocycles. The smallest absolute Gasteiger partial charge is 0.160 e. The van der Waals surface area contributed by atoms with Crippen LogP contribution in [0, 0.1) is 0 Å². The van der Waals surface area contributed by atoms with Gasteiger partial charge < -0.3 is 9.84 Å². The van der Waals surface area contributed by atoms with Gasteiger partial charge in [-0.25, -0.2) is 0 Å². The third kappa shape index (κ3) is 2.93. The highest BCUT2D eigenvalue weighted by atomic mass is 16.5. The summed E-state index contributed by atoms with van der Waals surface area (Å²) in [5.41, 5.74) is 0.694. The number of carbonyl (C=O) groups excluding carboxylic acids is 1. The summed E-state index contributed by atoms with van der Waals surface area (Å²) in [6.45, 7) is 3.73. The van der Waals surface area contributed by atoms with Crippen molar-refractivity contribution in [2.24, 2.45) is 0 Å². The molecule has 0 heterocycles. The summed E-state index contributed by atoms with van der Waals surface area (Å²) in [4.78, 5) is 11.6. The largest absolute Gasteiger partial charge is 0.490 e. The highest BCUT2D eigenvalue weighted by Crippen LogP contribution is 2.29. The molecule has 0 amide bonds. The SMILES string of the molecule is CC[C@H](O)COc1ccc(C(C)=O)c2ccccc12. The van der Waals surface area contributed by atoms with Crippen LogP contribution in [0.4, 0.5) is 0 Å². The van der Waals surface area contributed by atoms with Crippen LogP contribution in [0.3, 0.4) is 0 Å². The minimum Gasteiger partial charge on any atom is -0.490 e. The lowest BCUT2D eigenvalue weighted by Crippen LogP contribution is -2.16. The molecule has 2 rings (SSSR count). The van der Waals surface area contributed by atoms with Crippen LogP contribution in [0.15, 0.2) is 36.4 Å². The molecule has 0 radical (unpaired) electrons. The van der Waals surface area contributed by atoms with Crippen molar-refractivity contribution in [3.05, 3.63) is 42.0 Å². The maximum Gasteiger partial charge on any atom is 0.160 e. The molecular formula is C16H18O3. The van der Waals surface area contributed by atoms with E-state index in [4.69, 9.17) is 4.74 Å². The maximum atomic E-state index is 11.6. The van der Waals surface area contributed by atoms with Crippen LogP contribution in [-0.4, -0.2) is 23.6 Å². The molecule has 19 heavy (non-hydrogen) atoms. The summed E-state index contributed by atoms with van der Waals surface area (Å²) >= 11 is 0. The lowest BCUT2D eigenvalue weighted by molar-refractivity contribution is 0.101. The van der Waals surface area contributed by atoms with Crippen LogP contribution in [0.25, 0.3) is 10.8 Å². The number of hydrogen-bond donors (Lipinski definition) is 1. The first-order valence-corrected chi connectivity index (χ1v) is 6.47. The van der Waals surface area contributed by atoms with E-state index in [1.54, 1.807) is 19.1 Å². The lowest BCUT2D eigenvalue weighted by Gasteiger charge is -2.13. The average Bonchev–Trinajstić information content (AvgIpc) is 2.43. The number of aliphatic hydroxyl groups excluding tert-OH is 1. The molecule has 0 fully saturated rings. The number of hydrogen-bond acceptors (Lipinski definition) is 3. The number of Topliss-reactive ketones (excluding diaryl/α,β-unsaturated/α-hetero) is 1. The van der Waals surface area contributed by atoms with Gasteiger partial charge in [-0.3, -0.25) is 4.79 Å². The Morgan fingerprint density at radius 1 is 1.21 bits per heavy atom. The zero-order chi connectivity index (χ0) is 13.8. The van der Waals surface area contributed by atoms with Gasteiger partial charge >= 0.3 is 0 Å². The summed E-state index contributed by atoms with van der Waals surface area (Å²) in [7, 11) is 0. The van der Waals surface area contributed by atoms with Gasteiger partial charge in [0, 0.05) is 10.9 Å². The Kier molecular flexibility index (Phi) is 4.17. The van der Waals surface area contributed by atoms with E-state index in [9.17, 15) is 9.90 Å². The monoisotopic (exact) mass is 258 g/mol. The Labute approximate surface area is 112 Å². The van der Waals surface area contributed by atoms with Crippen molar-refractivity contribution in [3.8, 4) is 5.75 Å². The molecule has 0 aliphatic heterocycles. The first-order chi connectivity index (χ1) is 9.13. The van der Waals surface area contributed by atoms with E-state index < -0.39 is 6.10 Å². The summed E-state index contributed by atoms with van der Waals surface area (Å²) in [6.07, 6.45) is 0.190. The van der Waals surface area contributed by atoms with Crippen molar-refractivity contribution in [3.63, 3.8) is 0 Å². The predicted octanol–water partition coefficient (Wildman–Crippen LogP) is 3.19. The summed E-state index contributed by atoms with van der Waals surface area (Å²) in [6, 6.07) is 11.2. The zero-order valence-electron chi connectivity index (χ0n) is 11.2. The van der Waals surface area contributed by atoms with Gasteiger partial charge in [0.25, 0.3) is 0 Å². The highest BCUT2D eigenvalue weighted by Gasteiger charge is 2.10. The van der Waals surface area contributed by atoms with E-state index in [0.29, 0.717) is 17.7 Å². The van der Waals surface area contributed by atoms with E-state index in [-0.39, 0.29) is 12.4 Å². The number of ketones is 1. The maximum absolute atomic E-state index is 11.6. The molecule has 2 aromatic rings. The quantitative estimate of drug-likeness (QED) is 0.838. The topological polar surface area (TPSA) is 46.5 Å². The molecule has 0 bridgehead atoms. The molecule has 1 atom stereocenters. The lowest BCUT2D eigenvalue weighted by atomic mass is 10.0. The van der Waals surface area contributed by atoms with Gasteiger partial charge in [0.15, 0.2) is 5.78 Å². The van der Waals surface area contributed by atoms with Crippen molar-refractivity contribution in [2.75, 3.05) is 6.61 Å². The Morgan fingerprint density at radius 2 is 1.89 bits per heavy atom. The summed E-state index contributed by atoms with van der Waals surface area (Å²) in [5, 5.41) is 11.3. The fourth-order valence-corrected chi connectivity index (χ4v) is 2.01. The standard InChI is InChI=1S/C16H18O3/c1-3-12(18)10-19-16-9-8-13(11(2)17)14-6-4-5-7-15(14)16/h4-9,12,18H,3,10H2,1-2H3/t12-/m0/s1. The van der Waals surface area contributed by atoms with Crippen LogP contribution in [0.1, 0.15) is 30.6 Å². The molecule has 0 aliphatic rings. The molecule has 100 valence electrons. The van der Waals surface area contributed by atoms with E-state index in [1.807, 2.05) is 31.2 Å². The molecule has 3 nitrogen and oxygen atoms in total. The van der Waals surface area contributed by atoms with Crippen molar-refractivity contribution in [2.45, 2.75) is 26.4 Å². The van der Waals surface area contributed by atoms with Gasteiger partial charge in [0.05, 0.1) is 6.10 Å². The minimum absolute atomic E-state index is 0.0383. The van der Waals surface area contributed by atoms with Gasteiger partial charge in [-0.15, -0.1) is 0 Å². The molecule has 0 unspecified atom stereocenters. The normalized spacial score (nSPS) is 12.4. The number of rotatable bonds is 5. The number of carbonyl (C=O) groups is 1. The van der Waals surface area contributed by atoms with E-state index in [1.165, 1.54) is 0 Å². The molecule has 3 heteroatoms. The van der Waals surface area contributed by atoms with Crippen LogP contribution >= 0.6 is 0 Å². The number of benzene rings is 2. The second-order valence-electron chi connectivity index (χ2n) is 4.59. The summed E-state index contributed by atoms with van der Waals surface area (Å²) < 4.78 is 5.65. The van der Waals surface area contributed by atoms with Gasteiger partial charge in [0.2, 0.25) is 0 Å². The second-order valence-corrected chi connectivity index (χ2v) is 4.59. The number of aliphatic hydroxyl groups is 1. The molecule has 0 spiro atoms. The Bertz CT molecular complexity index is 590. The third-order valence-electron chi connectivity index (χ3n) is 3.17. The molecule has 0 saturated carbocycles. The van der Waals surface area contributed by atoms with Crippen LogP contribution in [0.5, 0.6) is 5.75 Å². The van der Waals surface area contributed by atoms with Crippen molar-refractivity contribution in [1.82, 2.24) is 0 Å². The van der Waals surface area contributed by atoms with Gasteiger partial charge in [0.1, 0.15) is 12.4 Å². The molecular weight excluding hydrogens is 240 g/mol. The van der Waals surface area contributed by atoms with Gasteiger partial charge in [-0.2, -0.15) is 0 Å². The molecule has 1 N–H and O–H groups in total. The van der Waals surface area contributed by atoms with E-state index in [0.717, 1.165) is 10.8 Å². The van der Waals surface area contributed by atoms with E-state index >= 15 is 0 Å². The Balaban J connectivity index is 2.41. The van der Waals surface area contributed by atoms with Crippen LogP contribution < -0.4 is 4.74 Å². The van der Waals surface area contributed by atoms with E-state index in [2.05, 4.69) is 0 Å². The predicted molar refractivity (Wildman–Crippen MR) is 75.7 cm³/mol. The Morgan fingerprint density at radius 3 is 2.53 bits per heavy atom. The third-order valence-corrected chi connectivity index (χ3v) is 3.17. The van der Waals surface area contributed by atoms with Crippen molar-refractivity contribution >= 4 is 16.6 Å². The minimum atomic E-state index is -0.466. The first kappa shape index (κ1) is 13.6. The van der Waals surface area contributed by atoms with Crippen molar-refractivity contribution < 1.29 is 14.6 Å². The average molecular weight is 258 g/mol. The fourth-order valence-electron chi connectivity index (χ4n) is 2.01.